The molecule has 1 fully saturated rings. The number of hydrogen-bond acceptors (Lipinski definition) is 4. The van der Waals surface area contributed by atoms with Gasteiger partial charge < -0.3 is 9.64 Å². The van der Waals surface area contributed by atoms with Crippen LogP contribution in [0.15, 0.2) is 12.3 Å². The van der Waals surface area contributed by atoms with Gasteiger partial charge in [-0.3, -0.25) is 4.79 Å². The zero-order chi connectivity index (χ0) is 14.6. The second kappa shape index (κ2) is 4.53. The van der Waals surface area contributed by atoms with Gasteiger partial charge in [0, 0.05) is 37.4 Å². The third kappa shape index (κ3) is 1.78. The topological polar surface area (TPSA) is 59.7 Å². The van der Waals surface area contributed by atoms with Crippen molar-refractivity contribution in [2.45, 2.75) is 38.3 Å². The zero-order valence-electron chi connectivity index (χ0n) is 12.2. The van der Waals surface area contributed by atoms with Crippen molar-refractivity contribution >= 4 is 11.6 Å². The summed E-state index contributed by atoms with van der Waals surface area (Å²) in [5.41, 5.74) is 4.22. The molecule has 2 aliphatic rings. The molecule has 2 bridgehead atoms. The van der Waals surface area contributed by atoms with Crippen molar-refractivity contribution in [3.05, 3.63) is 29.2 Å². The van der Waals surface area contributed by atoms with Crippen molar-refractivity contribution in [2.24, 2.45) is 0 Å². The first-order valence-corrected chi connectivity index (χ1v) is 7.33. The first-order chi connectivity index (χ1) is 10.2. The first kappa shape index (κ1) is 12.8. The highest BCUT2D eigenvalue weighted by Gasteiger charge is 2.43. The molecule has 0 saturated carbocycles. The Morgan fingerprint density at radius 2 is 2.33 bits per heavy atom. The van der Waals surface area contributed by atoms with E-state index in [9.17, 15) is 4.79 Å². The number of nitrogens with zero attached hydrogens (tertiary/aromatic N) is 4. The van der Waals surface area contributed by atoms with Crippen molar-refractivity contribution in [2.75, 3.05) is 13.7 Å². The third-order valence-corrected chi connectivity index (χ3v) is 4.58. The molecule has 1 amide bonds. The summed E-state index contributed by atoms with van der Waals surface area (Å²) in [6, 6.07) is 2.38. The van der Waals surface area contributed by atoms with E-state index in [4.69, 9.17) is 4.74 Å². The van der Waals surface area contributed by atoms with Gasteiger partial charge in [-0.15, -0.1) is 0 Å². The lowest BCUT2D eigenvalue weighted by molar-refractivity contribution is -0.138. The average Bonchev–Trinajstić information content (AvgIpc) is 2.98. The van der Waals surface area contributed by atoms with Crippen LogP contribution < -0.4 is 0 Å². The number of fused-ring (bicyclic) bond motifs is 6. The number of carbonyl (C=O) groups is 1. The van der Waals surface area contributed by atoms with Crippen molar-refractivity contribution in [1.82, 2.24) is 19.5 Å². The van der Waals surface area contributed by atoms with E-state index in [1.807, 2.05) is 28.6 Å². The van der Waals surface area contributed by atoms with Crippen LogP contribution in [0.1, 0.15) is 35.8 Å². The highest BCUT2D eigenvalue weighted by atomic mass is 16.5. The molecule has 2 atom stereocenters. The molecule has 1 saturated heterocycles. The number of carbonyl (C=O) groups excluding carboxylic acids is 1. The van der Waals surface area contributed by atoms with E-state index in [0.717, 1.165) is 36.2 Å². The Morgan fingerprint density at radius 3 is 3.14 bits per heavy atom. The molecule has 6 heteroatoms. The van der Waals surface area contributed by atoms with Gasteiger partial charge in [-0.05, 0) is 19.8 Å². The summed E-state index contributed by atoms with van der Waals surface area (Å²) in [6.07, 6.45) is 4.81. The molecule has 110 valence electrons. The van der Waals surface area contributed by atoms with Crippen LogP contribution >= 0.6 is 0 Å². The Morgan fingerprint density at radius 1 is 1.48 bits per heavy atom. The van der Waals surface area contributed by atoms with Gasteiger partial charge in [0.1, 0.15) is 6.61 Å². The number of hydrogen-bond donors (Lipinski definition) is 0. The van der Waals surface area contributed by atoms with Gasteiger partial charge in [0.25, 0.3) is 0 Å². The molecule has 2 aromatic rings. The Balaban J connectivity index is 1.81. The van der Waals surface area contributed by atoms with E-state index in [2.05, 4.69) is 10.1 Å². The molecule has 21 heavy (non-hydrogen) atoms. The maximum absolute atomic E-state index is 12.3. The van der Waals surface area contributed by atoms with E-state index in [1.54, 1.807) is 7.11 Å². The van der Waals surface area contributed by atoms with Gasteiger partial charge in [0.15, 0.2) is 5.65 Å². The van der Waals surface area contributed by atoms with Crippen LogP contribution in [-0.4, -0.2) is 45.2 Å². The maximum atomic E-state index is 12.3. The summed E-state index contributed by atoms with van der Waals surface area (Å²) in [5, 5.41) is 4.56. The van der Waals surface area contributed by atoms with E-state index < -0.39 is 0 Å². The predicted octanol–water partition coefficient (Wildman–Crippen LogP) is 1.27. The molecule has 2 aliphatic heterocycles. The van der Waals surface area contributed by atoms with E-state index in [1.165, 1.54) is 5.69 Å². The van der Waals surface area contributed by atoms with E-state index in [0.29, 0.717) is 0 Å². The molecule has 0 radical (unpaired) electrons. The van der Waals surface area contributed by atoms with E-state index in [-0.39, 0.29) is 24.6 Å². The minimum atomic E-state index is 0.0763. The summed E-state index contributed by atoms with van der Waals surface area (Å²) in [4.78, 5) is 18.8. The standard InChI is InChI=1S/C15H18N4O2/c1-9-5-14-16-7-11-12-4-3-10(6-13(11)19(14)17-9)18(12)15(20)8-21-2/h5,7,10,12H,3-4,6,8H2,1-2H3/t10-,12-/m0/s1. The predicted molar refractivity (Wildman–Crippen MR) is 75.9 cm³/mol. The number of rotatable bonds is 2. The van der Waals surface area contributed by atoms with E-state index >= 15 is 0 Å². The molecule has 0 unspecified atom stereocenters. The van der Waals surface area contributed by atoms with Gasteiger partial charge in [0.05, 0.1) is 17.4 Å². The molecule has 0 aliphatic carbocycles. The summed E-state index contributed by atoms with van der Waals surface area (Å²) >= 11 is 0. The highest BCUT2D eigenvalue weighted by Crippen LogP contribution is 2.43. The Bertz CT molecular complexity index is 724. The number of aryl methyl sites for hydroxylation is 1. The highest BCUT2D eigenvalue weighted by molar-refractivity contribution is 5.79. The van der Waals surface area contributed by atoms with Crippen molar-refractivity contribution in [3.63, 3.8) is 0 Å². The summed E-state index contributed by atoms with van der Waals surface area (Å²) in [6.45, 7) is 2.13. The van der Waals surface area contributed by atoms with Crippen LogP contribution in [0.2, 0.25) is 0 Å². The van der Waals surface area contributed by atoms with Crippen LogP contribution in [-0.2, 0) is 16.0 Å². The molecule has 0 aromatic carbocycles. The molecular weight excluding hydrogens is 268 g/mol. The number of methoxy groups -OCH3 is 1. The molecule has 4 rings (SSSR count). The van der Waals surface area contributed by atoms with Gasteiger partial charge >= 0.3 is 0 Å². The Labute approximate surface area is 122 Å². The second-order valence-electron chi connectivity index (χ2n) is 5.90. The minimum Gasteiger partial charge on any atom is -0.375 e. The maximum Gasteiger partial charge on any atom is 0.249 e. The van der Waals surface area contributed by atoms with Gasteiger partial charge in [0.2, 0.25) is 5.91 Å². The van der Waals surface area contributed by atoms with Crippen LogP contribution in [0.3, 0.4) is 0 Å². The summed E-state index contributed by atoms with van der Waals surface area (Å²) in [7, 11) is 1.56. The molecule has 6 nitrogen and oxygen atoms in total. The lowest BCUT2D eigenvalue weighted by Crippen LogP contribution is -2.44. The molecule has 0 spiro atoms. The fourth-order valence-corrected chi connectivity index (χ4v) is 3.78. The third-order valence-electron chi connectivity index (χ3n) is 4.58. The molecular formula is C15H18N4O2. The SMILES string of the molecule is COCC(=O)N1[C@H]2CC[C@H]1c1cnc3cc(C)nn3c1C2. The van der Waals surface area contributed by atoms with Gasteiger partial charge in [-0.2, -0.15) is 5.10 Å². The van der Waals surface area contributed by atoms with Crippen LogP contribution in [0.25, 0.3) is 5.65 Å². The van der Waals surface area contributed by atoms with Gasteiger partial charge in [-0.1, -0.05) is 0 Å². The monoisotopic (exact) mass is 286 g/mol. The normalized spacial score (nSPS) is 23.6. The number of amides is 1. The lowest BCUT2D eigenvalue weighted by Gasteiger charge is -2.36. The van der Waals surface area contributed by atoms with Crippen molar-refractivity contribution in [3.8, 4) is 0 Å². The van der Waals surface area contributed by atoms with Crippen molar-refractivity contribution < 1.29 is 9.53 Å². The largest absolute Gasteiger partial charge is 0.375 e. The summed E-state index contributed by atoms with van der Waals surface area (Å²) < 4.78 is 6.97. The average molecular weight is 286 g/mol. The Hall–Kier alpha value is -1.95. The molecule has 0 N–H and O–H groups in total. The van der Waals surface area contributed by atoms with Crippen LogP contribution in [0, 0.1) is 6.92 Å². The smallest absolute Gasteiger partial charge is 0.249 e. The second-order valence-corrected chi connectivity index (χ2v) is 5.90. The van der Waals surface area contributed by atoms with Crippen LogP contribution in [0.4, 0.5) is 0 Å². The van der Waals surface area contributed by atoms with Crippen molar-refractivity contribution in [1.29, 1.82) is 0 Å². The van der Waals surface area contributed by atoms with Gasteiger partial charge in [-0.25, -0.2) is 9.50 Å². The quantitative estimate of drug-likeness (QED) is 0.834. The number of aromatic nitrogens is 3. The lowest BCUT2D eigenvalue weighted by atomic mass is 9.99. The fraction of sp³-hybridized carbons (Fsp3) is 0.533. The summed E-state index contributed by atoms with van der Waals surface area (Å²) in [5.74, 6) is 0.0763. The molecule has 4 heterocycles. The molecule has 2 aromatic heterocycles. The number of ether oxygens (including phenoxy) is 1. The van der Waals surface area contributed by atoms with Crippen LogP contribution in [0.5, 0.6) is 0 Å². The first-order valence-electron chi connectivity index (χ1n) is 7.33. The fourth-order valence-electron chi connectivity index (χ4n) is 3.78. The minimum absolute atomic E-state index is 0.0763. The zero-order valence-corrected chi connectivity index (χ0v) is 12.2. The Kier molecular flexibility index (Phi) is 2.75.